The summed E-state index contributed by atoms with van der Waals surface area (Å²) in [5, 5.41) is 12.2. The van der Waals surface area contributed by atoms with Crippen molar-refractivity contribution < 1.29 is 9.53 Å². The number of allylic oxidation sites excluding steroid dienone is 1. The molecule has 0 radical (unpaired) electrons. The lowest BCUT2D eigenvalue weighted by Gasteiger charge is -2.15. The summed E-state index contributed by atoms with van der Waals surface area (Å²) in [7, 11) is 0. The quantitative estimate of drug-likeness (QED) is 0.300. The van der Waals surface area contributed by atoms with E-state index in [1.165, 1.54) is 17.3 Å². The third kappa shape index (κ3) is 6.21. The number of hydrogen-bond donors (Lipinski definition) is 1. The number of carbonyl (C=O) groups excluding carboxylic acids is 1. The molecule has 3 rings (SSSR count). The lowest BCUT2D eigenvalue weighted by atomic mass is 10.1. The van der Waals surface area contributed by atoms with Gasteiger partial charge < -0.3 is 10.1 Å². The largest absolute Gasteiger partial charge is 0.483 e. The highest BCUT2D eigenvalue weighted by Crippen LogP contribution is 2.26. The summed E-state index contributed by atoms with van der Waals surface area (Å²) in [5.74, 6) is 1.55. The minimum atomic E-state index is -0.313. The molecule has 0 saturated carbocycles. The molecule has 162 valence electrons. The number of halogens is 1. The molecule has 1 amide bonds. The van der Waals surface area contributed by atoms with Crippen LogP contribution in [0.25, 0.3) is 0 Å². The topological polar surface area (TPSA) is 69.0 Å². The van der Waals surface area contributed by atoms with Crippen molar-refractivity contribution >= 4 is 39.3 Å². The standard InChI is InChI=1S/C23H25BrN4O2S/c1-5-12-28-22(17(4)30-20-10-7-18(24)8-11-20)26-27-23(28)31-14-21(29)25-19-9-6-15(2)16(3)13-19/h5-11,13,17H,1,12,14H2,2-4H3,(H,25,29). The molecule has 1 aromatic heterocycles. The van der Waals surface area contributed by atoms with Crippen molar-refractivity contribution in [1.82, 2.24) is 14.8 Å². The second-order valence-corrected chi connectivity index (χ2v) is 8.95. The first-order valence-corrected chi connectivity index (χ1v) is 11.6. The van der Waals surface area contributed by atoms with Crippen molar-refractivity contribution in [2.75, 3.05) is 11.1 Å². The number of benzene rings is 2. The Morgan fingerprint density at radius 3 is 2.65 bits per heavy atom. The Balaban J connectivity index is 1.66. The van der Waals surface area contributed by atoms with Gasteiger partial charge in [0.1, 0.15) is 5.75 Å². The van der Waals surface area contributed by atoms with Crippen molar-refractivity contribution in [3.05, 3.63) is 76.5 Å². The van der Waals surface area contributed by atoms with Gasteiger partial charge in [0.15, 0.2) is 17.1 Å². The molecule has 1 unspecified atom stereocenters. The smallest absolute Gasteiger partial charge is 0.234 e. The second-order valence-electron chi connectivity index (χ2n) is 7.09. The van der Waals surface area contributed by atoms with Crippen molar-refractivity contribution in [2.24, 2.45) is 0 Å². The van der Waals surface area contributed by atoms with Crippen LogP contribution in [0, 0.1) is 13.8 Å². The first-order valence-electron chi connectivity index (χ1n) is 9.83. The Morgan fingerprint density at radius 2 is 1.97 bits per heavy atom. The van der Waals surface area contributed by atoms with Crippen LogP contribution in [0.5, 0.6) is 5.75 Å². The maximum atomic E-state index is 12.4. The highest BCUT2D eigenvalue weighted by molar-refractivity contribution is 9.10. The summed E-state index contributed by atoms with van der Waals surface area (Å²) in [6, 6.07) is 13.5. The van der Waals surface area contributed by atoms with E-state index in [4.69, 9.17) is 4.74 Å². The van der Waals surface area contributed by atoms with Crippen LogP contribution in [0.3, 0.4) is 0 Å². The summed E-state index contributed by atoms with van der Waals surface area (Å²) in [6.07, 6.45) is 1.46. The predicted octanol–water partition coefficient (Wildman–Crippen LogP) is 5.71. The van der Waals surface area contributed by atoms with E-state index in [2.05, 4.69) is 38.0 Å². The molecule has 1 N–H and O–H groups in total. The van der Waals surface area contributed by atoms with Gasteiger partial charge in [0.2, 0.25) is 5.91 Å². The predicted molar refractivity (Wildman–Crippen MR) is 129 cm³/mol. The molecule has 2 aromatic carbocycles. The van der Waals surface area contributed by atoms with Crippen molar-refractivity contribution in [1.29, 1.82) is 0 Å². The van der Waals surface area contributed by atoms with Gasteiger partial charge in [-0.2, -0.15) is 0 Å². The molecule has 8 heteroatoms. The first kappa shape index (κ1) is 23.1. The van der Waals surface area contributed by atoms with Gasteiger partial charge in [-0.15, -0.1) is 16.8 Å². The van der Waals surface area contributed by atoms with E-state index in [0.29, 0.717) is 17.5 Å². The summed E-state index contributed by atoms with van der Waals surface area (Å²) < 4.78 is 8.92. The van der Waals surface area contributed by atoms with Gasteiger partial charge in [-0.1, -0.05) is 39.8 Å². The zero-order chi connectivity index (χ0) is 22.4. The van der Waals surface area contributed by atoms with Crippen LogP contribution >= 0.6 is 27.7 Å². The average Bonchev–Trinajstić information content (AvgIpc) is 3.14. The highest BCUT2D eigenvalue weighted by Gasteiger charge is 2.20. The number of carbonyl (C=O) groups is 1. The number of rotatable bonds is 9. The van der Waals surface area contributed by atoms with Crippen LogP contribution in [0.2, 0.25) is 0 Å². The molecule has 0 aliphatic rings. The highest BCUT2D eigenvalue weighted by atomic mass is 79.9. The average molecular weight is 501 g/mol. The Labute approximate surface area is 195 Å². The van der Waals surface area contributed by atoms with Gasteiger partial charge in [-0.25, -0.2) is 0 Å². The van der Waals surface area contributed by atoms with Crippen LogP contribution in [0.4, 0.5) is 5.69 Å². The van der Waals surface area contributed by atoms with E-state index in [1.807, 2.05) is 67.8 Å². The van der Waals surface area contributed by atoms with Gasteiger partial charge in [0, 0.05) is 16.7 Å². The van der Waals surface area contributed by atoms with Crippen LogP contribution in [0.15, 0.2) is 64.7 Å². The number of ether oxygens (including phenoxy) is 1. The molecule has 0 aliphatic heterocycles. The molecule has 0 saturated heterocycles. The van der Waals surface area contributed by atoms with Gasteiger partial charge >= 0.3 is 0 Å². The van der Waals surface area contributed by atoms with E-state index in [-0.39, 0.29) is 17.8 Å². The van der Waals surface area contributed by atoms with Crippen molar-refractivity contribution in [3.8, 4) is 5.75 Å². The minimum absolute atomic E-state index is 0.0953. The lowest BCUT2D eigenvalue weighted by molar-refractivity contribution is -0.113. The van der Waals surface area contributed by atoms with Crippen molar-refractivity contribution in [2.45, 2.75) is 38.6 Å². The van der Waals surface area contributed by atoms with Gasteiger partial charge in [-0.3, -0.25) is 9.36 Å². The van der Waals surface area contributed by atoms with E-state index in [9.17, 15) is 4.79 Å². The van der Waals surface area contributed by atoms with E-state index < -0.39 is 0 Å². The third-order valence-electron chi connectivity index (χ3n) is 4.67. The molecular formula is C23H25BrN4O2S. The molecule has 3 aromatic rings. The van der Waals surface area contributed by atoms with Gasteiger partial charge in [0.05, 0.1) is 5.75 Å². The molecule has 6 nitrogen and oxygen atoms in total. The number of anilines is 1. The monoisotopic (exact) mass is 500 g/mol. The van der Waals surface area contributed by atoms with Crippen LogP contribution in [-0.2, 0) is 11.3 Å². The van der Waals surface area contributed by atoms with Gasteiger partial charge in [-0.05, 0) is 68.3 Å². The minimum Gasteiger partial charge on any atom is -0.483 e. The van der Waals surface area contributed by atoms with Crippen molar-refractivity contribution in [3.63, 3.8) is 0 Å². The summed E-state index contributed by atoms with van der Waals surface area (Å²) in [6.45, 7) is 10.3. The Morgan fingerprint density at radius 1 is 1.23 bits per heavy atom. The number of aromatic nitrogens is 3. The Kier molecular flexibility index (Phi) is 7.92. The molecule has 0 fully saturated rings. The number of thioether (sulfide) groups is 1. The fourth-order valence-electron chi connectivity index (χ4n) is 2.92. The number of nitrogens with one attached hydrogen (secondary N) is 1. The molecular weight excluding hydrogens is 476 g/mol. The van der Waals surface area contributed by atoms with Crippen LogP contribution in [-0.4, -0.2) is 26.4 Å². The summed E-state index contributed by atoms with van der Waals surface area (Å²) in [5.41, 5.74) is 3.12. The molecule has 0 spiro atoms. The van der Waals surface area contributed by atoms with E-state index in [1.54, 1.807) is 6.08 Å². The molecule has 0 aliphatic carbocycles. The number of amides is 1. The van der Waals surface area contributed by atoms with Gasteiger partial charge in [0.25, 0.3) is 0 Å². The molecule has 1 heterocycles. The Bertz CT molecular complexity index is 1070. The number of aryl methyl sites for hydroxylation is 2. The Hall–Kier alpha value is -2.58. The SMILES string of the molecule is C=CCn1c(SCC(=O)Nc2ccc(C)c(C)c2)nnc1C(C)Oc1ccc(Br)cc1. The number of hydrogen-bond acceptors (Lipinski definition) is 5. The van der Waals surface area contributed by atoms with E-state index in [0.717, 1.165) is 21.5 Å². The fraction of sp³-hybridized carbons (Fsp3) is 0.261. The lowest BCUT2D eigenvalue weighted by Crippen LogP contribution is -2.15. The van der Waals surface area contributed by atoms with E-state index >= 15 is 0 Å². The van der Waals surface area contributed by atoms with Crippen LogP contribution < -0.4 is 10.1 Å². The maximum Gasteiger partial charge on any atom is 0.234 e. The first-order chi connectivity index (χ1) is 14.9. The molecule has 1 atom stereocenters. The summed E-state index contributed by atoms with van der Waals surface area (Å²) >= 11 is 4.76. The normalized spacial score (nSPS) is 11.7. The second kappa shape index (κ2) is 10.6. The third-order valence-corrected chi connectivity index (χ3v) is 6.17. The van der Waals surface area contributed by atoms with Crippen LogP contribution in [0.1, 0.15) is 30.0 Å². The molecule has 0 bridgehead atoms. The zero-order valence-electron chi connectivity index (χ0n) is 17.8. The fourth-order valence-corrected chi connectivity index (χ4v) is 3.94. The zero-order valence-corrected chi connectivity index (χ0v) is 20.2. The maximum absolute atomic E-state index is 12.4. The number of nitrogens with zero attached hydrogens (tertiary/aromatic N) is 3. The molecule has 31 heavy (non-hydrogen) atoms. The summed E-state index contributed by atoms with van der Waals surface area (Å²) in [4.78, 5) is 12.4.